The Morgan fingerprint density at radius 1 is 1.40 bits per heavy atom. The van der Waals surface area contributed by atoms with Gasteiger partial charge in [0.05, 0.1) is 12.5 Å². The molecular weight excluding hydrogens is 205 g/mol. The first kappa shape index (κ1) is 14.5. The topological polar surface area (TPSA) is 9.23 Å². The highest BCUT2D eigenvalue weighted by molar-refractivity contribution is 4.97. The Balaban J connectivity index is 4.42. The summed E-state index contributed by atoms with van der Waals surface area (Å²) in [6.45, 7) is 7.30. The zero-order chi connectivity index (χ0) is 12.1. The number of hydrogen-bond donors (Lipinski definition) is 0. The Hall–Kier alpha value is -0.510. The van der Waals surface area contributed by atoms with Crippen LogP contribution in [0.3, 0.4) is 0 Å². The third-order valence-electron chi connectivity index (χ3n) is 2.59. The monoisotopic (exact) mass is 224 g/mol. The third-order valence-corrected chi connectivity index (χ3v) is 2.59. The highest BCUT2D eigenvalue weighted by atomic mass is 19.4. The number of hydrogen-bond acceptors (Lipinski definition) is 1. The summed E-state index contributed by atoms with van der Waals surface area (Å²) in [5.74, 6) is -1.46. The fourth-order valence-corrected chi connectivity index (χ4v) is 1.49. The van der Waals surface area contributed by atoms with E-state index >= 15 is 0 Å². The van der Waals surface area contributed by atoms with E-state index in [1.54, 1.807) is 13.8 Å². The summed E-state index contributed by atoms with van der Waals surface area (Å²) in [4.78, 5) is 0. The Kier molecular flexibility index (Phi) is 5.95. The van der Waals surface area contributed by atoms with E-state index in [1.165, 1.54) is 7.11 Å². The lowest BCUT2D eigenvalue weighted by Crippen LogP contribution is -2.26. The molecule has 90 valence electrons. The smallest absolute Gasteiger partial charge is 0.384 e. The molecular formula is C11H19F3O. The van der Waals surface area contributed by atoms with Gasteiger partial charge >= 0.3 is 6.18 Å². The van der Waals surface area contributed by atoms with Crippen molar-refractivity contribution >= 4 is 0 Å². The summed E-state index contributed by atoms with van der Waals surface area (Å²) >= 11 is 0. The Morgan fingerprint density at radius 2 is 1.93 bits per heavy atom. The summed E-state index contributed by atoms with van der Waals surface area (Å²) in [6, 6.07) is 0. The molecule has 0 aliphatic heterocycles. The summed E-state index contributed by atoms with van der Waals surface area (Å²) in [5.41, 5.74) is 0.750. The van der Waals surface area contributed by atoms with Crippen LogP contribution < -0.4 is 0 Å². The van der Waals surface area contributed by atoms with Crippen molar-refractivity contribution in [1.82, 2.24) is 0 Å². The molecule has 0 aromatic rings. The molecule has 0 aliphatic carbocycles. The third kappa shape index (κ3) is 5.21. The van der Waals surface area contributed by atoms with Gasteiger partial charge in [-0.2, -0.15) is 13.2 Å². The van der Waals surface area contributed by atoms with Crippen molar-refractivity contribution in [2.75, 3.05) is 13.7 Å². The predicted octanol–water partition coefficient (Wildman–Crippen LogP) is 3.80. The van der Waals surface area contributed by atoms with E-state index in [-0.39, 0.29) is 18.8 Å². The lowest BCUT2D eigenvalue weighted by molar-refractivity contribution is -0.179. The van der Waals surface area contributed by atoms with Crippen LogP contribution in [-0.4, -0.2) is 19.9 Å². The zero-order valence-electron chi connectivity index (χ0n) is 9.53. The van der Waals surface area contributed by atoms with E-state index in [9.17, 15) is 13.2 Å². The van der Waals surface area contributed by atoms with Gasteiger partial charge in [0.25, 0.3) is 0 Å². The van der Waals surface area contributed by atoms with Gasteiger partial charge in [-0.15, -0.1) is 0 Å². The SMILES string of the molecule is C=C(C)[C@H](COC)C[C@@H](CC)C(F)(F)F. The van der Waals surface area contributed by atoms with Gasteiger partial charge in [0.1, 0.15) is 0 Å². The molecule has 0 aliphatic rings. The van der Waals surface area contributed by atoms with Crippen molar-refractivity contribution in [3.63, 3.8) is 0 Å². The van der Waals surface area contributed by atoms with Crippen LogP contribution in [0.4, 0.5) is 13.2 Å². The molecule has 0 rings (SSSR count). The van der Waals surface area contributed by atoms with Crippen molar-refractivity contribution in [3.8, 4) is 0 Å². The Bertz CT molecular complexity index is 198. The van der Waals surface area contributed by atoms with Crippen molar-refractivity contribution in [2.45, 2.75) is 32.9 Å². The lowest BCUT2D eigenvalue weighted by Gasteiger charge is -2.24. The van der Waals surface area contributed by atoms with E-state index in [0.717, 1.165) is 5.57 Å². The van der Waals surface area contributed by atoms with Crippen LogP contribution in [0.15, 0.2) is 12.2 Å². The zero-order valence-corrected chi connectivity index (χ0v) is 9.53. The van der Waals surface area contributed by atoms with Crippen LogP contribution in [0.25, 0.3) is 0 Å². The van der Waals surface area contributed by atoms with Gasteiger partial charge in [-0.25, -0.2) is 0 Å². The maximum Gasteiger partial charge on any atom is 0.391 e. The second kappa shape index (κ2) is 6.16. The molecule has 0 radical (unpaired) electrons. The first-order chi connectivity index (χ1) is 6.82. The molecule has 0 N–H and O–H groups in total. The van der Waals surface area contributed by atoms with Crippen LogP contribution >= 0.6 is 0 Å². The lowest BCUT2D eigenvalue weighted by atomic mass is 9.88. The molecule has 0 aromatic heterocycles. The highest BCUT2D eigenvalue weighted by Gasteiger charge is 2.39. The molecule has 0 saturated heterocycles. The summed E-state index contributed by atoms with van der Waals surface area (Å²) in [6.07, 6.45) is -3.93. The molecule has 2 atom stereocenters. The molecule has 0 spiro atoms. The number of halogens is 3. The minimum Gasteiger partial charge on any atom is -0.384 e. The largest absolute Gasteiger partial charge is 0.391 e. The Labute approximate surface area is 89.3 Å². The van der Waals surface area contributed by atoms with Crippen LogP contribution in [-0.2, 0) is 4.74 Å². The number of alkyl halides is 3. The van der Waals surface area contributed by atoms with Crippen LogP contribution in [0.2, 0.25) is 0 Å². The molecule has 0 saturated carbocycles. The first-order valence-corrected chi connectivity index (χ1v) is 5.03. The molecule has 0 aromatic carbocycles. The maximum atomic E-state index is 12.5. The van der Waals surface area contributed by atoms with Crippen molar-refractivity contribution in [2.24, 2.45) is 11.8 Å². The quantitative estimate of drug-likeness (QED) is 0.623. The van der Waals surface area contributed by atoms with Gasteiger partial charge in [-0.1, -0.05) is 19.1 Å². The molecule has 0 unspecified atom stereocenters. The molecule has 4 heteroatoms. The average Bonchev–Trinajstić information content (AvgIpc) is 2.09. The predicted molar refractivity (Wildman–Crippen MR) is 54.6 cm³/mol. The fourth-order valence-electron chi connectivity index (χ4n) is 1.49. The van der Waals surface area contributed by atoms with Crippen LogP contribution in [0.1, 0.15) is 26.7 Å². The van der Waals surface area contributed by atoms with Gasteiger partial charge in [0.2, 0.25) is 0 Å². The van der Waals surface area contributed by atoms with E-state index in [4.69, 9.17) is 4.74 Å². The second-order valence-electron chi connectivity index (χ2n) is 3.88. The van der Waals surface area contributed by atoms with Gasteiger partial charge in [-0.3, -0.25) is 0 Å². The van der Waals surface area contributed by atoms with Crippen molar-refractivity contribution in [3.05, 3.63) is 12.2 Å². The Morgan fingerprint density at radius 3 is 2.20 bits per heavy atom. The average molecular weight is 224 g/mol. The minimum atomic E-state index is -4.11. The number of methoxy groups -OCH3 is 1. The molecule has 15 heavy (non-hydrogen) atoms. The van der Waals surface area contributed by atoms with Gasteiger partial charge in [0, 0.05) is 13.0 Å². The van der Waals surface area contributed by atoms with Gasteiger partial charge in [-0.05, 0) is 19.8 Å². The molecule has 0 amide bonds. The second-order valence-corrected chi connectivity index (χ2v) is 3.88. The van der Waals surface area contributed by atoms with Crippen LogP contribution in [0, 0.1) is 11.8 Å². The number of rotatable bonds is 6. The summed E-state index contributed by atoms with van der Waals surface area (Å²) in [7, 11) is 1.49. The minimum absolute atomic E-state index is 0.0726. The van der Waals surface area contributed by atoms with E-state index in [0.29, 0.717) is 6.61 Å². The van der Waals surface area contributed by atoms with Crippen molar-refractivity contribution in [1.29, 1.82) is 0 Å². The molecule has 0 bridgehead atoms. The fraction of sp³-hybridized carbons (Fsp3) is 0.818. The molecule has 1 nitrogen and oxygen atoms in total. The highest BCUT2D eigenvalue weighted by Crippen LogP contribution is 2.35. The number of ether oxygens (including phenoxy) is 1. The molecule has 0 heterocycles. The van der Waals surface area contributed by atoms with E-state index in [1.807, 2.05) is 0 Å². The summed E-state index contributed by atoms with van der Waals surface area (Å²) < 4.78 is 42.4. The first-order valence-electron chi connectivity index (χ1n) is 5.03. The molecule has 0 fully saturated rings. The maximum absolute atomic E-state index is 12.5. The van der Waals surface area contributed by atoms with Gasteiger partial charge in [0.15, 0.2) is 0 Å². The normalized spacial score (nSPS) is 16.1. The van der Waals surface area contributed by atoms with Crippen LogP contribution in [0.5, 0.6) is 0 Å². The van der Waals surface area contributed by atoms with Crippen molar-refractivity contribution < 1.29 is 17.9 Å². The van der Waals surface area contributed by atoms with Gasteiger partial charge < -0.3 is 4.74 Å². The standard InChI is InChI=1S/C11H19F3O/c1-5-10(11(12,13)14)6-9(7-15-4)8(2)3/h9-10H,2,5-7H2,1,3-4H3/t9-,10+/m0/s1. The van der Waals surface area contributed by atoms with E-state index < -0.39 is 12.1 Å². The summed E-state index contributed by atoms with van der Waals surface area (Å²) in [5, 5.41) is 0. The van der Waals surface area contributed by atoms with E-state index in [2.05, 4.69) is 6.58 Å².